The van der Waals surface area contributed by atoms with E-state index in [4.69, 9.17) is 27.2 Å². The number of ether oxygens (including phenoxy) is 3. The minimum Gasteiger partial charge on any atom is -0.748 e. The Kier molecular flexibility index (Phi) is 30.4. The molecular formula is C32H63NO6S2. The molecule has 0 radical (unpaired) electrons. The van der Waals surface area contributed by atoms with Crippen LogP contribution < -0.4 is 4.57 Å². The van der Waals surface area contributed by atoms with Crippen molar-refractivity contribution in [3.8, 4) is 0 Å². The first-order valence-corrected chi connectivity index (χ1v) is 19.2. The van der Waals surface area contributed by atoms with Crippen molar-refractivity contribution in [1.29, 1.82) is 0 Å². The summed E-state index contributed by atoms with van der Waals surface area (Å²) in [6, 6.07) is 0. The Balaban J connectivity index is 0.00000292. The third-order valence-electron chi connectivity index (χ3n) is 6.88. The Morgan fingerprint density at radius 1 is 0.707 bits per heavy atom. The molecule has 1 aromatic heterocycles. The van der Waals surface area contributed by atoms with Crippen LogP contribution in [0, 0.1) is 0 Å². The highest BCUT2D eigenvalue weighted by Crippen LogP contribution is 2.13. The van der Waals surface area contributed by atoms with Crippen molar-refractivity contribution < 1.29 is 31.7 Å². The molecule has 1 unspecified atom stereocenters. The highest BCUT2D eigenvalue weighted by Gasteiger charge is 2.09. The van der Waals surface area contributed by atoms with Crippen LogP contribution in [0.15, 0.2) is 17.1 Å². The average Bonchev–Trinajstić information content (AvgIpc) is 3.44. The summed E-state index contributed by atoms with van der Waals surface area (Å²) >= 11 is 1.76. The molecule has 0 aliphatic rings. The van der Waals surface area contributed by atoms with E-state index < -0.39 is 10.1 Å². The zero-order valence-electron chi connectivity index (χ0n) is 26.7. The van der Waals surface area contributed by atoms with Gasteiger partial charge in [0.2, 0.25) is 5.51 Å². The number of aryl methyl sites for hydroxylation is 1. The number of hydrogen-bond donors (Lipinski definition) is 0. The fourth-order valence-corrected chi connectivity index (χ4v) is 5.25. The highest BCUT2D eigenvalue weighted by atomic mass is 32.2. The number of unbranched alkanes of at least 4 members (excludes halogenated alkanes) is 17. The van der Waals surface area contributed by atoms with Crippen LogP contribution in [0.3, 0.4) is 0 Å². The van der Waals surface area contributed by atoms with Gasteiger partial charge in [0, 0.05) is 32.5 Å². The van der Waals surface area contributed by atoms with Crippen LogP contribution in [0.2, 0.25) is 0 Å². The Morgan fingerprint density at radius 2 is 1.12 bits per heavy atom. The lowest BCUT2D eigenvalue weighted by Crippen LogP contribution is -2.29. The SMILES string of the molecule is CCCCCCCCCCCCCCCCOCC(COCCCCCCC[n+]1ccsc1)OCC.CS(=O)(=O)[O-]. The summed E-state index contributed by atoms with van der Waals surface area (Å²) in [5, 5.41) is 2.14. The van der Waals surface area contributed by atoms with Crippen LogP contribution in [0.5, 0.6) is 0 Å². The second-order valence-corrected chi connectivity index (χ2v) is 13.2. The van der Waals surface area contributed by atoms with Gasteiger partial charge in [-0.3, -0.25) is 0 Å². The van der Waals surface area contributed by atoms with Gasteiger partial charge in [0.25, 0.3) is 0 Å². The maximum absolute atomic E-state index is 9.08. The smallest absolute Gasteiger partial charge is 0.224 e. The Hall–Kier alpha value is -0.580. The number of nitrogens with zero attached hydrogens (tertiary/aromatic N) is 1. The van der Waals surface area contributed by atoms with E-state index in [1.807, 2.05) is 0 Å². The van der Waals surface area contributed by atoms with Crippen molar-refractivity contribution in [3.63, 3.8) is 0 Å². The van der Waals surface area contributed by atoms with E-state index in [1.165, 1.54) is 116 Å². The number of rotatable bonds is 29. The molecule has 1 heterocycles. The lowest BCUT2D eigenvalue weighted by Gasteiger charge is -2.17. The number of aromatic nitrogens is 1. The van der Waals surface area contributed by atoms with E-state index >= 15 is 0 Å². The molecule has 244 valence electrons. The molecule has 0 aromatic carbocycles. The highest BCUT2D eigenvalue weighted by molar-refractivity contribution is 7.84. The maximum atomic E-state index is 9.08. The van der Waals surface area contributed by atoms with Crippen molar-refractivity contribution in [1.82, 2.24) is 0 Å². The summed E-state index contributed by atoms with van der Waals surface area (Å²) in [6.45, 7) is 9.21. The molecule has 0 aliphatic heterocycles. The van der Waals surface area contributed by atoms with E-state index in [-0.39, 0.29) is 6.10 Å². The first-order chi connectivity index (χ1) is 19.9. The lowest BCUT2D eigenvalue weighted by atomic mass is 10.0. The molecular weight excluding hydrogens is 558 g/mol. The Bertz CT molecular complexity index is 723. The molecule has 0 fully saturated rings. The molecule has 0 bridgehead atoms. The average molecular weight is 622 g/mol. The predicted octanol–water partition coefficient (Wildman–Crippen LogP) is 8.07. The number of hydrogen-bond acceptors (Lipinski definition) is 7. The summed E-state index contributed by atoms with van der Waals surface area (Å²) in [7, 11) is -3.92. The molecule has 1 atom stereocenters. The van der Waals surface area contributed by atoms with Gasteiger partial charge in [-0.15, -0.1) is 0 Å². The van der Waals surface area contributed by atoms with Gasteiger partial charge < -0.3 is 18.8 Å². The summed E-state index contributed by atoms with van der Waals surface area (Å²) < 4.78 is 47.1. The van der Waals surface area contributed by atoms with Crippen LogP contribution in [0.1, 0.15) is 136 Å². The van der Waals surface area contributed by atoms with Gasteiger partial charge in [-0.25, -0.2) is 8.42 Å². The Labute approximate surface area is 257 Å². The van der Waals surface area contributed by atoms with Crippen molar-refractivity contribution in [3.05, 3.63) is 17.1 Å². The van der Waals surface area contributed by atoms with E-state index in [0.717, 1.165) is 32.8 Å². The molecule has 0 N–H and O–H groups in total. The van der Waals surface area contributed by atoms with Crippen molar-refractivity contribution in [2.45, 2.75) is 148 Å². The first-order valence-electron chi connectivity index (χ1n) is 16.5. The topological polar surface area (TPSA) is 88.8 Å². The van der Waals surface area contributed by atoms with Gasteiger partial charge in [0.05, 0.1) is 28.7 Å². The van der Waals surface area contributed by atoms with Crippen LogP contribution in [0.4, 0.5) is 0 Å². The molecule has 0 aliphatic carbocycles. The largest absolute Gasteiger partial charge is 0.748 e. The van der Waals surface area contributed by atoms with Crippen LogP contribution in [-0.2, 0) is 30.9 Å². The normalized spacial score (nSPS) is 12.3. The van der Waals surface area contributed by atoms with Crippen molar-refractivity contribution >= 4 is 21.5 Å². The fraction of sp³-hybridized carbons (Fsp3) is 0.906. The zero-order valence-corrected chi connectivity index (χ0v) is 28.3. The summed E-state index contributed by atoms with van der Waals surface area (Å²) in [6.07, 6.45) is 28.6. The van der Waals surface area contributed by atoms with Crippen LogP contribution >= 0.6 is 11.3 Å². The van der Waals surface area contributed by atoms with Gasteiger partial charge >= 0.3 is 0 Å². The van der Waals surface area contributed by atoms with Crippen molar-refractivity contribution in [2.24, 2.45) is 0 Å². The van der Waals surface area contributed by atoms with Crippen LogP contribution in [0.25, 0.3) is 0 Å². The second-order valence-electron chi connectivity index (χ2n) is 11.1. The molecule has 9 heteroatoms. The third-order valence-corrected chi connectivity index (χ3v) is 7.56. The molecule has 0 spiro atoms. The quantitative estimate of drug-likeness (QED) is 0.0511. The minimum absolute atomic E-state index is 0.0734. The van der Waals surface area contributed by atoms with Crippen molar-refractivity contribution in [2.75, 3.05) is 39.3 Å². The van der Waals surface area contributed by atoms with E-state index in [1.54, 1.807) is 11.3 Å². The van der Waals surface area contributed by atoms with Gasteiger partial charge in [0.15, 0.2) is 6.20 Å². The maximum Gasteiger partial charge on any atom is 0.224 e. The van der Waals surface area contributed by atoms with Gasteiger partial charge in [-0.05, 0) is 26.2 Å². The molecule has 41 heavy (non-hydrogen) atoms. The molecule has 0 saturated heterocycles. The summed E-state index contributed by atoms with van der Waals surface area (Å²) in [4.78, 5) is 0. The molecule has 0 amide bonds. The molecule has 7 nitrogen and oxygen atoms in total. The Morgan fingerprint density at radius 3 is 1.51 bits per heavy atom. The van der Waals surface area contributed by atoms with Gasteiger partial charge in [-0.1, -0.05) is 115 Å². The van der Waals surface area contributed by atoms with E-state index in [0.29, 0.717) is 19.5 Å². The predicted molar refractivity (Wildman–Crippen MR) is 171 cm³/mol. The first kappa shape index (κ1) is 40.4. The molecule has 1 aromatic rings. The zero-order chi connectivity index (χ0) is 30.3. The minimum atomic E-state index is -3.92. The van der Waals surface area contributed by atoms with Gasteiger partial charge in [-0.2, -0.15) is 4.57 Å². The summed E-state index contributed by atoms with van der Waals surface area (Å²) in [5.74, 6) is 0. The summed E-state index contributed by atoms with van der Waals surface area (Å²) in [5.41, 5.74) is 2.19. The second kappa shape index (κ2) is 30.9. The monoisotopic (exact) mass is 621 g/mol. The van der Waals surface area contributed by atoms with Crippen LogP contribution in [-0.4, -0.2) is 58.4 Å². The standard InChI is InChI=1S/C31H60NO3S.CH4O3S/c1-3-5-6-7-8-9-10-11-12-13-14-15-18-21-25-33-28-31(35-4-2)29-34-26-22-19-16-17-20-23-32-24-27-36-30-32;1-5(2,3)4/h24,27,30-31H,3-23,25-26,28-29H2,1-2H3;1H3,(H,2,3,4)/q+1;/p-1. The fourth-order valence-electron chi connectivity index (χ4n) is 4.63. The molecule has 0 saturated carbocycles. The van der Waals surface area contributed by atoms with E-state index in [9.17, 15) is 0 Å². The number of thiazole rings is 1. The van der Waals surface area contributed by atoms with Gasteiger partial charge in [0.1, 0.15) is 12.6 Å². The lowest BCUT2D eigenvalue weighted by molar-refractivity contribution is -0.692. The third kappa shape index (κ3) is 35.5. The molecule has 1 rings (SSSR count). The van der Waals surface area contributed by atoms with E-state index in [2.05, 4.69) is 35.5 Å².